The summed E-state index contributed by atoms with van der Waals surface area (Å²) in [5.41, 5.74) is -0.579. The van der Waals surface area contributed by atoms with Crippen molar-refractivity contribution in [3.05, 3.63) is 65.2 Å². The lowest BCUT2D eigenvalue weighted by atomic mass is 9.95. The van der Waals surface area contributed by atoms with Gasteiger partial charge >= 0.3 is 18.8 Å². The number of rotatable bonds is 7. The highest BCUT2D eigenvalue weighted by atomic mass is 19.4. The van der Waals surface area contributed by atoms with E-state index in [1.54, 1.807) is 4.90 Å². The molecule has 2 aromatic rings. The standard InChI is InChI=1S/C25H27F5N2O3/c26-23(27)35-18-12-10-16(11-13-18)22(20-8-4-5-9-21(20)25(28,29)30)34-19-14-32(15-19)24(33)31-17-6-2-1-3-7-17/h4-5,8-13,17,19,22-23H,1-3,6-7,14-15H2,(H,31,33). The molecule has 2 amide bonds. The third-order valence-corrected chi connectivity index (χ3v) is 6.35. The molecule has 1 saturated heterocycles. The Hall–Kier alpha value is -2.88. The fraction of sp³-hybridized carbons (Fsp3) is 0.480. The monoisotopic (exact) mass is 498 g/mol. The molecule has 0 radical (unpaired) electrons. The summed E-state index contributed by atoms with van der Waals surface area (Å²) in [4.78, 5) is 14.1. The molecule has 5 nitrogen and oxygen atoms in total. The number of carbonyl (C=O) groups excluding carboxylic acids is 1. The minimum atomic E-state index is -4.61. The molecule has 0 spiro atoms. The second-order valence-electron chi connectivity index (χ2n) is 8.86. The Labute approximate surface area is 200 Å². The summed E-state index contributed by atoms with van der Waals surface area (Å²) in [6.45, 7) is -2.52. The Morgan fingerprint density at radius 2 is 1.63 bits per heavy atom. The predicted molar refractivity (Wildman–Crippen MR) is 118 cm³/mol. The number of amides is 2. The lowest BCUT2D eigenvalue weighted by Crippen LogP contribution is -2.59. The zero-order chi connectivity index (χ0) is 25.0. The molecule has 2 fully saturated rings. The molecule has 1 heterocycles. The van der Waals surface area contributed by atoms with E-state index in [4.69, 9.17) is 4.74 Å². The van der Waals surface area contributed by atoms with Gasteiger partial charge in [-0.25, -0.2) is 4.79 Å². The zero-order valence-corrected chi connectivity index (χ0v) is 18.9. The van der Waals surface area contributed by atoms with Crippen molar-refractivity contribution in [1.29, 1.82) is 0 Å². The van der Waals surface area contributed by atoms with Crippen molar-refractivity contribution in [3.63, 3.8) is 0 Å². The minimum Gasteiger partial charge on any atom is -0.435 e. The van der Waals surface area contributed by atoms with Crippen molar-refractivity contribution >= 4 is 6.03 Å². The maximum Gasteiger partial charge on any atom is 0.416 e. The van der Waals surface area contributed by atoms with Crippen LogP contribution in [-0.2, 0) is 10.9 Å². The Kier molecular flexibility index (Phi) is 7.78. The van der Waals surface area contributed by atoms with Gasteiger partial charge in [-0.2, -0.15) is 22.0 Å². The number of nitrogens with zero attached hydrogens (tertiary/aromatic N) is 1. The molecule has 0 bridgehead atoms. The van der Waals surface area contributed by atoms with Gasteiger partial charge in [0, 0.05) is 6.04 Å². The van der Waals surface area contributed by atoms with Gasteiger partial charge in [-0.1, -0.05) is 49.6 Å². The number of alkyl halides is 5. The Balaban J connectivity index is 1.49. The van der Waals surface area contributed by atoms with E-state index in [0.29, 0.717) is 5.56 Å². The van der Waals surface area contributed by atoms with Gasteiger partial charge in [0.15, 0.2) is 0 Å². The van der Waals surface area contributed by atoms with Gasteiger partial charge in [0.25, 0.3) is 0 Å². The van der Waals surface area contributed by atoms with Crippen LogP contribution >= 0.6 is 0 Å². The summed E-state index contributed by atoms with van der Waals surface area (Å²) in [5, 5.41) is 3.02. The van der Waals surface area contributed by atoms with E-state index in [9.17, 15) is 26.7 Å². The van der Waals surface area contributed by atoms with Crippen LogP contribution in [-0.4, -0.2) is 42.8 Å². The molecular formula is C25H27F5N2O3. The molecule has 1 N–H and O–H groups in total. The highest BCUT2D eigenvalue weighted by Crippen LogP contribution is 2.39. The number of benzene rings is 2. The SMILES string of the molecule is O=C(NC1CCCCC1)N1CC(OC(c2ccc(OC(F)F)cc2)c2ccccc2C(F)(F)F)C1. The van der Waals surface area contributed by atoms with E-state index in [1.165, 1.54) is 48.9 Å². The van der Waals surface area contributed by atoms with Crippen molar-refractivity contribution in [2.45, 2.75) is 63.1 Å². The second-order valence-corrected chi connectivity index (χ2v) is 8.86. The average Bonchev–Trinajstić information content (AvgIpc) is 2.79. The van der Waals surface area contributed by atoms with Crippen molar-refractivity contribution in [2.75, 3.05) is 13.1 Å². The van der Waals surface area contributed by atoms with Crippen molar-refractivity contribution in [2.24, 2.45) is 0 Å². The van der Waals surface area contributed by atoms with Gasteiger partial charge in [-0.15, -0.1) is 0 Å². The van der Waals surface area contributed by atoms with Crippen LogP contribution in [0.1, 0.15) is 54.9 Å². The first kappa shape index (κ1) is 25.2. The van der Waals surface area contributed by atoms with Crippen LogP contribution in [0.2, 0.25) is 0 Å². The molecule has 10 heteroatoms. The summed E-state index contributed by atoms with van der Waals surface area (Å²) in [6.07, 6.45) is -0.972. The molecule has 1 saturated carbocycles. The Morgan fingerprint density at radius 1 is 0.971 bits per heavy atom. The minimum absolute atomic E-state index is 0.0902. The van der Waals surface area contributed by atoms with Gasteiger partial charge in [-0.05, 0) is 42.2 Å². The number of halogens is 5. The number of ether oxygens (including phenoxy) is 2. The lowest BCUT2D eigenvalue weighted by molar-refractivity contribution is -0.140. The van der Waals surface area contributed by atoms with Crippen molar-refractivity contribution in [3.8, 4) is 5.75 Å². The van der Waals surface area contributed by atoms with Gasteiger partial charge in [-0.3, -0.25) is 0 Å². The van der Waals surface area contributed by atoms with Crippen LogP contribution in [0.4, 0.5) is 26.7 Å². The first-order valence-corrected chi connectivity index (χ1v) is 11.6. The fourth-order valence-electron chi connectivity index (χ4n) is 4.53. The van der Waals surface area contributed by atoms with Gasteiger partial charge in [0.1, 0.15) is 11.9 Å². The predicted octanol–water partition coefficient (Wildman–Crippen LogP) is 6.14. The molecular weight excluding hydrogens is 471 g/mol. The Bertz CT molecular complexity index is 987. The molecule has 190 valence electrons. The molecule has 1 aliphatic heterocycles. The molecule has 4 rings (SSSR count). The van der Waals surface area contributed by atoms with Crippen LogP contribution in [0.5, 0.6) is 5.75 Å². The number of nitrogens with one attached hydrogen (secondary N) is 1. The van der Waals surface area contributed by atoms with Crippen LogP contribution < -0.4 is 10.1 Å². The van der Waals surface area contributed by atoms with E-state index in [-0.39, 0.29) is 36.5 Å². The van der Waals surface area contributed by atoms with Gasteiger partial charge in [0.2, 0.25) is 0 Å². The van der Waals surface area contributed by atoms with Crippen LogP contribution in [0.3, 0.4) is 0 Å². The molecule has 1 aliphatic carbocycles. The van der Waals surface area contributed by atoms with E-state index in [0.717, 1.165) is 31.7 Å². The summed E-state index contributed by atoms with van der Waals surface area (Å²) in [6, 6.07) is 10.4. The van der Waals surface area contributed by atoms with E-state index in [1.807, 2.05) is 0 Å². The first-order chi connectivity index (χ1) is 16.7. The van der Waals surface area contributed by atoms with Crippen LogP contribution in [0.15, 0.2) is 48.5 Å². The van der Waals surface area contributed by atoms with E-state index >= 15 is 0 Å². The Morgan fingerprint density at radius 3 is 2.26 bits per heavy atom. The number of hydrogen-bond donors (Lipinski definition) is 1. The van der Waals surface area contributed by atoms with Gasteiger partial charge < -0.3 is 19.7 Å². The number of likely N-dealkylation sites (tertiary alicyclic amines) is 1. The van der Waals surface area contributed by atoms with Crippen molar-refractivity contribution < 1.29 is 36.2 Å². The highest BCUT2D eigenvalue weighted by Gasteiger charge is 2.39. The van der Waals surface area contributed by atoms with Gasteiger partial charge in [0.05, 0.1) is 24.8 Å². The van der Waals surface area contributed by atoms with Crippen LogP contribution in [0.25, 0.3) is 0 Å². The summed E-state index contributed by atoms with van der Waals surface area (Å²) >= 11 is 0. The third kappa shape index (κ3) is 6.42. The molecule has 0 aromatic heterocycles. The largest absolute Gasteiger partial charge is 0.435 e. The lowest BCUT2D eigenvalue weighted by Gasteiger charge is -2.41. The topological polar surface area (TPSA) is 50.8 Å². The second kappa shape index (κ2) is 10.8. The fourth-order valence-corrected chi connectivity index (χ4v) is 4.53. The van der Waals surface area contributed by atoms with E-state index in [2.05, 4.69) is 10.1 Å². The van der Waals surface area contributed by atoms with E-state index < -0.39 is 30.6 Å². The molecule has 2 aromatic carbocycles. The van der Waals surface area contributed by atoms with Crippen molar-refractivity contribution in [1.82, 2.24) is 10.2 Å². The quantitative estimate of drug-likeness (QED) is 0.467. The molecule has 2 aliphatic rings. The number of hydrogen-bond acceptors (Lipinski definition) is 3. The maximum absolute atomic E-state index is 13.7. The summed E-state index contributed by atoms with van der Waals surface area (Å²) in [7, 11) is 0. The molecule has 35 heavy (non-hydrogen) atoms. The highest BCUT2D eigenvalue weighted by molar-refractivity contribution is 5.75. The smallest absolute Gasteiger partial charge is 0.416 e. The third-order valence-electron chi connectivity index (χ3n) is 6.35. The number of carbonyl (C=O) groups is 1. The average molecular weight is 498 g/mol. The summed E-state index contributed by atoms with van der Waals surface area (Å²) in [5.74, 6) is -0.110. The maximum atomic E-state index is 13.7. The molecule has 1 atom stereocenters. The summed E-state index contributed by atoms with van der Waals surface area (Å²) < 4.78 is 76.6. The zero-order valence-electron chi connectivity index (χ0n) is 18.9. The van der Waals surface area contributed by atoms with Crippen LogP contribution in [0, 0.1) is 0 Å². The molecule has 1 unspecified atom stereocenters. The number of urea groups is 1. The first-order valence-electron chi connectivity index (χ1n) is 11.6. The normalized spacial score (nSPS) is 18.3.